The molecule has 318 valence electrons. The molecule has 2 saturated carbocycles. The number of amides is 1. The molecular weight excluding hydrogens is 718 g/mol. The van der Waals surface area contributed by atoms with Gasteiger partial charge in [-0.15, -0.1) is 0 Å². The first kappa shape index (κ1) is 44.6. The van der Waals surface area contributed by atoms with Crippen LogP contribution in [0.15, 0.2) is 0 Å². The van der Waals surface area contributed by atoms with Crippen molar-refractivity contribution in [2.75, 3.05) is 46.2 Å². The van der Waals surface area contributed by atoms with Crippen LogP contribution in [0.5, 0.6) is 0 Å². The van der Waals surface area contributed by atoms with Gasteiger partial charge in [-0.25, -0.2) is 9.78 Å². The molecule has 15 unspecified atom stereocenters. The molecule has 0 aromatic carbocycles. The Labute approximate surface area is 326 Å². The summed E-state index contributed by atoms with van der Waals surface area (Å²) in [6.07, 6.45) is 4.17. The van der Waals surface area contributed by atoms with E-state index in [0.717, 1.165) is 44.9 Å². The molecule has 1 amide bonds. The van der Waals surface area contributed by atoms with Gasteiger partial charge in [0.1, 0.15) is 5.60 Å². The lowest BCUT2D eigenvalue weighted by molar-refractivity contribution is -0.460. The molecule has 3 aliphatic heterocycles. The fraction of sp³-hybridized carbons (Fsp3) is 0.950. The number of nitrogens with one attached hydrogen (secondary N) is 1. The first-order valence-corrected chi connectivity index (χ1v) is 20.9. The number of rotatable bonds is 18. The van der Waals surface area contributed by atoms with Crippen molar-refractivity contribution in [1.29, 1.82) is 0 Å². The van der Waals surface area contributed by atoms with Gasteiger partial charge in [-0.1, -0.05) is 27.7 Å². The molecule has 0 radical (unpaired) electrons. The molecule has 15 heteroatoms. The average molecular weight is 788 g/mol. The molecule has 3 heterocycles. The monoisotopic (exact) mass is 787 g/mol. The Balaban J connectivity index is 0.921. The number of aliphatic hydroxyl groups is 1. The third-order valence-corrected chi connectivity index (χ3v) is 13.7. The van der Waals surface area contributed by atoms with Gasteiger partial charge < -0.3 is 43.6 Å². The molecule has 3 saturated heterocycles. The van der Waals surface area contributed by atoms with Crippen molar-refractivity contribution in [1.82, 2.24) is 5.32 Å². The topological polar surface area (TPSA) is 190 Å². The van der Waals surface area contributed by atoms with Crippen molar-refractivity contribution in [3.05, 3.63) is 0 Å². The Hall–Kier alpha value is -1.50. The largest absolute Gasteiger partial charge is 0.436 e. The first-order chi connectivity index (χ1) is 26.4. The van der Waals surface area contributed by atoms with E-state index >= 15 is 0 Å². The third kappa shape index (κ3) is 10.2. The number of hydrogen-bond acceptors (Lipinski definition) is 14. The number of carbonyl (C=O) groups excluding carboxylic acids is 2. The maximum absolute atomic E-state index is 12.6. The van der Waals surface area contributed by atoms with Gasteiger partial charge in [-0.2, -0.15) is 0 Å². The fourth-order valence-electron chi connectivity index (χ4n) is 10.5. The summed E-state index contributed by atoms with van der Waals surface area (Å²) in [4.78, 5) is 35.5. The number of ether oxygens (including phenoxy) is 7. The van der Waals surface area contributed by atoms with Gasteiger partial charge in [-0.3, -0.25) is 20.1 Å². The van der Waals surface area contributed by atoms with Gasteiger partial charge in [0, 0.05) is 36.6 Å². The van der Waals surface area contributed by atoms with E-state index in [9.17, 15) is 25.2 Å². The second-order valence-electron chi connectivity index (χ2n) is 17.1. The summed E-state index contributed by atoms with van der Waals surface area (Å²) < 4.78 is 41.3. The third-order valence-electron chi connectivity index (χ3n) is 13.7. The molecule has 0 spiro atoms. The maximum atomic E-state index is 12.6. The molecule has 4 N–H and O–H groups in total. The van der Waals surface area contributed by atoms with E-state index in [1.54, 1.807) is 6.92 Å². The molecule has 5 fully saturated rings. The summed E-state index contributed by atoms with van der Waals surface area (Å²) in [6, 6.07) is 0. The average Bonchev–Trinajstić information content (AvgIpc) is 3.44. The van der Waals surface area contributed by atoms with Crippen LogP contribution < -0.4 is 5.32 Å². The van der Waals surface area contributed by atoms with Crippen LogP contribution in [-0.4, -0.2) is 116 Å². The normalized spacial score (nSPS) is 40.1. The zero-order chi connectivity index (χ0) is 39.8. The van der Waals surface area contributed by atoms with Crippen LogP contribution in [0, 0.1) is 47.3 Å². The van der Waals surface area contributed by atoms with E-state index in [-0.39, 0.29) is 80.3 Å². The molecule has 2 aliphatic carbocycles. The minimum absolute atomic E-state index is 0.00441. The SMILES string of the molecule is CC1CCC2C(C)CCC(C(C)C(O)OC(=O)CCC(=O)NCCOCCOCCOC3OC4OC(C)CCC5C(C)CCC(C3C)C45OO)C2(OO)CO1. The van der Waals surface area contributed by atoms with Crippen molar-refractivity contribution in [3.63, 3.8) is 0 Å². The van der Waals surface area contributed by atoms with E-state index in [4.69, 9.17) is 42.9 Å². The standard InChI is InChI=1S/C40H69NO14/c1-24-7-11-32(39(54-45)23-50-26(3)9-13-30(24)39)28(5)36(44)52-35(43)16-15-34(42)41-17-18-47-19-20-48-21-22-49-37-29(6)33-12-8-25(2)31-14-10-27(4)51-38(53-37)40(31,33)55-46/h24-33,36-38,44-46H,7-23H2,1-6H3,(H,41,42). The molecule has 5 rings (SSSR count). The summed E-state index contributed by atoms with van der Waals surface area (Å²) in [5.41, 5.74) is -1.89. The van der Waals surface area contributed by atoms with Crippen LogP contribution in [0.1, 0.15) is 106 Å². The van der Waals surface area contributed by atoms with E-state index in [0.29, 0.717) is 44.7 Å². The predicted molar refractivity (Wildman–Crippen MR) is 197 cm³/mol. The molecule has 5 aliphatic rings. The zero-order valence-corrected chi connectivity index (χ0v) is 33.9. The Bertz CT molecular complexity index is 1210. The lowest BCUT2D eigenvalue weighted by Gasteiger charge is -2.57. The van der Waals surface area contributed by atoms with E-state index < -0.39 is 42.0 Å². The molecule has 55 heavy (non-hydrogen) atoms. The number of carbonyl (C=O) groups is 2. The lowest BCUT2D eigenvalue weighted by atomic mass is 9.58. The zero-order valence-electron chi connectivity index (χ0n) is 33.9. The number of esters is 1. The second kappa shape index (κ2) is 20.5. The van der Waals surface area contributed by atoms with Gasteiger partial charge in [0.05, 0.1) is 58.3 Å². The summed E-state index contributed by atoms with van der Waals surface area (Å²) in [5, 5.41) is 34.1. The quantitative estimate of drug-likeness (QED) is 0.0481. The fourth-order valence-corrected chi connectivity index (χ4v) is 10.5. The molecule has 15 nitrogen and oxygen atoms in total. The summed E-state index contributed by atoms with van der Waals surface area (Å²) in [6.45, 7) is 14.4. The van der Waals surface area contributed by atoms with Gasteiger partial charge in [0.2, 0.25) is 12.2 Å². The smallest absolute Gasteiger partial charge is 0.308 e. The summed E-state index contributed by atoms with van der Waals surface area (Å²) in [7, 11) is 0. The highest BCUT2D eigenvalue weighted by Gasteiger charge is 2.65. The van der Waals surface area contributed by atoms with Crippen molar-refractivity contribution in [2.24, 2.45) is 47.3 Å². The Kier molecular flexibility index (Phi) is 16.6. The van der Waals surface area contributed by atoms with Crippen LogP contribution in [-0.2, 0) is 52.5 Å². The Morgan fingerprint density at radius 2 is 1.42 bits per heavy atom. The van der Waals surface area contributed by atoms with Gasteiger partial charge in [0.25, 0.3) is 0 Å². The van der Waals surface area contributed by atoms with E-state index in [1.165, 1.54) is 0 Å². The molecule has 0 bridgehead atoms. The van der Waals surface area contributed by atoms with Crippen molar-refractivity contribution < 1.29 is 68.1 Å². The van der Waals surface area contributed by atoms with Gasteiger partial charge >= 0.3 is 5.97 Å². The molecule has 0 aromatic rings. The maximum Gasteiger partial charge on any atom is 0.308 e. The highest BCUT2D eigenvalue weighted by atomic mass is 17.1. The minimum Gasteiger partial charge on any atom is -0.436 e. The highest BCUT2D eigenvalue weighted by molar-refractivity contribution is 5.81. The number of hydrogen-bond donors (Lipinski definition) is 4. The van der Waals surface area contributed by atoms with Crippen LogP contribution in [0.3, 0.4) is 0 Å². The predicted octanol–water partition coefficient (Wildman–Crippen LogP) is 4.93. The highest BCUT2D eigenvalue weighted by Crippen LogP contribution is 2.57. The van der Waals surface area contributed by atoms with Crippen molar-refractivity contribution >= 4 is 11.9 Å². The molecule has 0 aromatic heterocycles. The second-order valence-corrected chi connectivity index (χ2v) is 17.1. The van der Waals surface area contributed by atoms with Gasteiger partial charge in [-0.05, 0) is 88.9 Å². The molecule has 15 atom stereocenters. The van der Waals surface area contributed by atoms with Crippen LogP contribution >= 0.6 is 0 Å². The number of fused-ring (bicyclic) bond motifs is 1. The number of aliphatic hydroxyl groups excluding tert-OH is 1. The van der Waals surface area contributed by atoms with Crippen LogP contribution in [0.4, 0.5) is 0 Å². The van der Waals surface area contributed by atoms with Crippen molar-refractivity contribution in [3.8, 4) is 0 Å². The summed E-state index contributed by atoms with van der Waals surface area (Å²) >= 11 is 0. The Morgan fingerprint density at radius 3 is 2.16 bits per heavy atom. The van der Waals surface area contributed by atoms with E-state index in [1.807, 2.05) is 13.8 Å². The Morgan fingerprint density at radius 1 is 0.764 bits per heavy atom. The minimum atomic E-state index is -1.42. The van der Waals surface area contributed by atoms with Crippen molar-refractivity contribution in [2.45, 2.75) is 148 Å². The lowest BCUT2D eigenvalue weighted by Crippen LogP contribution is -2.67. The first-order valence-electron chi connectivity index (χ1n) is 20.9. The van der Waals surface area contributed by atoms with Crippen LogP contribution in [0.2, 0.25) is 0 Å². The van der Waals surface area contributed by atoms with E-state index in [2.05, 4.69) is 26.1 Å². The van der Waals surface area contributed by atoms with Crippen LogP contribution in [0.25, 0.3) is 0 Å². The van der Waals surface area contributed by atoms with Gasteiger partial charge in [0.15, 0.2) is 18.2 Å². The molecular formula is C40H69NO14. The summed E-state index contributed by atoms with van der Waals surface area (Å²) in [5.74, 6) is -0.873.